The van der Waals surface area contributed by atoms with Gasteiger partial charge in [0.2, 0.25) is 0 Å². The van der Waals surface area contributed by atoms with Gasteiger partial charge >= 0.3 is 0 Å². The van der Waals surface area contributed by atoms with E-state index in [9.17, 15) is 9.90 Å². The van der Waals surface area contributed by atoms with Gasteiger partial charge in [0, 0.05) is 0 Å². The molecule has 0 aliphatic heterocycles. The topological polar surface area (TPSA) is 49.3 Å². The molecule has 1 aliphatic rings. The van der Waals surface area contributed by atoms with Crippen LogP contribution in [0.3, 0.4) is 0 Å². The number of aliphatic hydroxyl groups excluding tert-OH is 1. The average Bonchev–Trinajstić information content (AvgIpc) is 2.68. The first-order valence-corrected chi connectivity index (χ1v) is 6.60. The monoisotopic (exact) mass is 259 g/mol. The molecule has 5 heteroatoms. The minimum Gasteiger partial charge on any atom is -0.391 e. The zero-order chi connectivity index (χ0) is 11.5. The molecule has 1 heterocycles. The molecule has 0 saturated heterocycles. The molecule has 1 amide bonds. The number of hydrogen-bond donors (Lipinski definition) is 2. The van der Waals surface area contributed by atoms with Crippen molar-refractivity contribution in [3.8, 4) is 0 Å². The number of carbonyl (C=O) groups excluding carboxylic acids is 1. The first-order chi connectivity index (χ1) is 7.66. The number of amides is 1. The van der Waals surface area contributed by atoms with E-state index in [4.69, 9.17) is 11.6 Å². The van der Waals surface area contributed by atoms with Crippen LogP contribution in [0.15, 0.2) is 12.1 Å². The highest BCUT2D eigenvalue weighted by atomic mass is 35.5. The maximum atomic E-state index is 11.8. The predicted octanol–water partition coefficient (Wildman–Crippen LogP) is 2.43. The van der Waals surface area contributed by atoms with E-state index in [2.05, 4.69) is 5.32 Å². The molecule has 0 aromatic carbocycles. The SMILES string of the molecule is O=C(N[C@@H]1CCCC[C@H]1O)c1ccc(Cl)s1. The van der Waals surface area contributed by atoms with Gasteiger partial charge in [-0.25, -0.2) is 0 Å². The van der Waals surface area contributed by atoms with Crippen molar-refractivity contribution in [2.45, 2.75) is 37.8 Å². The summed E-state index contributed by atoms with van der Waals surface area (Å²) in [6.45, 7) is 0. The predicted molar refractivity (Wildman–Crippen MR) is 65.1 cm³/mol. The molecule has 1 aromatic heterocycles. The van der Waals surface area contributed by atoms with E-state index in [1.807, 2.05) is 0 Å². The Balaban J connectivity index is 1.96. The van der Waals surface area contributed by atoms with E-state index < -0.39 is 6.10 Å². The molecule has 1 fully saturated rings. The van der Waals surface area contributed by atoms with Gasteiger partial charge in [0.05, 0.1) is 21.4 Å². The molecule has 2 N–H and O–H groups in total. The van der Waals surface area contributed by atoms with Crippen LogP contribution in [0, 0.1) is 0 Å². The quantitative estimate of drug-likeness (QED) is 0.857. The molecule has 2 rings (SSSR count). The fraction of sp³-hybridized carbons (Fsp3) is 0.545. The molecule has 1 saturated carbocycles. The van der Waals surface area contributed by atoms with Crippen molar-refractivity contribution in [1.29, 1.82) is 0 Å². The van der Waals surface area contributed by atoms with Crippen LogP contribution in [-0.4, -0.2) is 23.2 Å². The molecule has 88 valence electrons. The van der Waals surface area contributed by atoms with Crippen LogP contribution < -0.4 is 5.32 Å². The number of carbonyl (C=O) groups is 1. The number of thiophene rings is 1. The summed E-state index contributed by atoms with van der Waals surface area (Å²) in [7, 11) is 0. The van der Waals surface area contributed by atoms with Crippen LogP contribution in [0.25, 0.3) is 0 Å². The smallest absolute Gasteiger partial charge is 0.261 e. The summed E-state index contributed by atoms with van der Waals surface area (Å²) >= 11 is 7.02. The van der Waals surface area contributed by atoms with Gasteiger partial charge in [-0.15, -0.1) is 11.3 Å². The maximum absolute atomic E-state index is 11.8. The fourth-order valence-electron chi connectivity index (χ4n) is 1.96. The van der Waals surface area contributed by atoms with Gasteiger partial charge in [-0.1, -0.05) is 24.4 Å². The molecule has 0 unspecified atom stereocenters. The molecular formula is C11H14ClNO2S. The van der Waals surface area contributed by atoms with Gasteiger partial charge in [0.25, 0.3) is 5.91 Å². The van der Waals surface area contributed by atoms with Gasteiger partial charge in [-0.2, -0.15) is 0 Å². The summed E-state index contributed by atoms with van der Waals surface area (Å²) in [6.07, 6.45) is 3.32. The van der Waals surface area contributed by atoms with Crippen molar-refractivity contribution in [2.24, 2.45) is 0 Å². The lowest BCUT2D eigenvalue weighted by molar-refractivity contribution is 0.0720. The number of aliphatic hydroxyl groups is 1. The summed E-state index contributed by atoms with van der Waals surface area (Å²) in [5.74, 6) is -0.136. The lowest BCUT2D eigenvalue weighted by Crippen LogP contribution is -2.44. The van der Waals surface area contributed by atoms with Gasteiger partial charge in [0.1, 0.15) is 0 Å². The highest BCUT2D eigenvalue weighted by Gasteiger charge is 2.25. The second kappa shape index (κ2) is 5.17. The summed E-state index contributed by atoms with van der Waals surface area (Å²) in [4.78, 5) is 12.4. The third-order valence-electron chi connectivity index (χ3n) is 2.84. The molecule has 0 spiro atoms. The van der Waals surface area contributed by atoms with E-state index >= 15 is 0 Å². The molecule has 2 atom stereocenters. The summed E-state index contributed by atoms with van der Waals surface area (Å²) in [5, 5.41) is 12.6. The van der Waals surface area contributed by atoms with Crippen molar-refractivity contribution in [2.75, 3.05) is 0 Å². The van der Waals surface area contributed by atoms with Crippen LogP contribution >= 0.6 is 22.9 Å². The zero-order valence-electron chi connectivity index (χ0n) is 8.78. The first-order valence-electron chi connectivity index (χ1n) is 5.41. The van der Waals surface area contributed by atoms with Crippen molar-refractivity contribution in [3.05, 3.63) is 21.3 Å². The summed E-state index contributed by atoms with van der Waals surface area (Å²) in [5.41, 5.74) is 0. The highest BCUT2D eigenvalue weighted by Crippen LogP contribution is 2.23. The van der Waals surface area contributed by atoms with E-state index in [0.29, 0.717) is 9.21 Å². The first kappa shape index (κ1) is 11.9. The van der Waals surface area contributed by atoms with Crippen LogP contribution in [0.1, 0.15) is 35.4 Å². The van der Waals surface area contributed by atoms with Gasteiger partial charge in [-0.05, 0) is 25.0 Å². The molecule has 0 bridgehead atoms. The molecule has 16 heavy (non-hydrogen) atoms. The lowest BCUT2D eigenvalue weighted by Gasteiger charge is -2.28. The van der Waals surface area contributed by atoms with Crippen LogP contribution in [0.4, 0.5) is 0 Å². The van der Waals surface area contributed by atoms with Crippen molar-refractivity contribution in [3.63, 3.8) is 0 Å². The molecule has 0 radical (unpaired) electrons. The summed E-state index contributed by atoms with van der Waals surface area (Å²) in [6, 6.07) is 3.30. The van der Waals surface area contributed by atoms with Crippen molar-refractivity contribution < 1.29 is 9.90 Å². The third-order valence-corrected chi connectivity index (χ3v) is 4.07. The van der Waals surface area contributed by atoms with E-state index in [1.165, 1.54) is 11.3 Å². The molecule has 3 nitrogen and oxygen atoms in total. The Labute approximate surface area is 103 Å². The number of nitrogens with one attached hydrogen (secondary N) is 1. The number of halogens is 1. The lowest BCUT2D eigenvalue weighted by atomic mass is 9.92. The van der Waals surface area contributed by atoms with E-state index in [0.717, 1.165) is 25.7 Å². The van der Waals surface area contributed by atoms with Gasteiger partial charge < -0.3 is 10.4 Å². The van der Waals surface area contributed by atoms with Gasteiger partial charge in [0.15, 0.2) is 0 Å². The zero-order valence-corrected chi connectivity index (χ0v) is 10.4. The average molecular weight is 260 g/mol. The molecular weight excluding hydrogens is 246 g/mol. The second-order valence-corrected chi connectivity index (χ2v) is 5.75. The highest BCUT2D eigenvalue weighted by molar-refractivity contribution is 7.17. The Morgan fingerprint density at radius 1 is 1.44 bits per heavy atom. The standard InChI is InChI=1S/C11H14ClNO2S/c12-10-6-5-9(16-10)11(15)13-7-3-1-2-4-8(7)14/h5-8,14H,1-4H2,(H,13,15)/t7-,8-/m1/s1. The number of hydrogen-bond acceptors (Lipinski definition) is 3. The van der Waals surface area contributed by atoms with Crippen LogP contribution in [-0.2, 0) is 0 Å². The second-order valence-electron chi connectivity index (χ2n) is 4.04. The van der Waals surface area contributed by atoms with Crippen molar-refractivity contribution in [1.82, 2.24) is 5.32 Å². The van der Waals surface area contributed by atoms with Crippen molar-refractivity contribution >= 4 is 28.8 Å². The van der Waals surface area contributed by atoms with Gasteiger partial charge in [-0.3, -0.25) is 4.79 Å². The Bertz CT molecular complexity index is 380. The van der Waals surface area contributed by atoms with E-state index in [-0.39, 0.29) is 11.9 Å². The van der Waals surface area contributed by atoms with Crippen LogP contribution in [0.2, 0.25) is 4.34 Å². The minimum atomic E-state index is -0.409. The normalized spacial score (nSPS) is 25.4. The number of rotatable bonds is 2. The Kier molecular flexibility index (Phi) is 3.84. The van der Waals surface area contributed by atoms with E-state index in [1.54, 1.807) is 12.1 Å². The Morgan fingerprint density at radius 2 is 2.19 bits per heavy atom. The largest absolute Gasteiger partial charge is 0.391 e. The summed E-state index contributed by atoms with van der Waals surface area (Å²) < 4.78 is 0.606. The Morgan fingerprint density at radius 3 is 2.81 bits per heavy atom. The minimum absolute atomic E-state index is 0.109. The fourth-order valence-corrected chi connectivity index (χ4v) is 2.90. The van der Waals surface area contributed by atoms with Crippen LogP contribution in [0.5, 0.6) is 0 Å². The third kappa shape index (κ3) is 2.75. The molecule has 1 aliphatic carbocycles. The Hall–Kier alpha value is -0.580. The molecule has 1 aromatic rings. The maximum Gasteiger partial charge on any atom is 0.261 e.